The van der Waals surface area contributed by atoms with E-state index in [1.807, 2.05) is 11.8 Å². The Kier molecular flexibility index (Phi) is 6.27. The molecule has 0 radical (unpaired) electrons. The minimum absolute atomic E-state index is 0.405. The van der Waals surface area contributed by atoms with Gasteiger partial charge in [0.15, 0.2) is 0 Å². The van der Waals surface area contributed by atoms with Crippen LogP contribution in [-0.4, -0.2) is 11.5 Å². The number of benzene rings is 1. The molecule has 1 unspecified atom stereocenters. The van der Waals surface area contributed by atoms with Gasteiger partial charge in [-0.1, -0.05) is 32.9 Å². The van der Waals surface area contributed by atoms with Crippen molar-refractivity contribution in [1.82, 2.24) is 10.3 Å². The van der Waals surface area contributed by atoms with Crippen molar-refractivity contribution < 1.29 is 0 Å². The molecule has 2 nitrogen and oxygen atoms in total. The van der Waals surface area contributed by atoms with Crippen LogP contribution < -0.4 is 5.32 Å². The first-order valence-electron chi connectivity index (χ1n) is 7.50. The lowest BCUT2D eigenvalue weighted by Crippen LogP contribution is -2.17. The van der Waals surface area contributed by atoms with Gasteiger partial charge >= 0.3 is 0 Å². The van der Waals surface area contributed by atoms with E-state index < -0.39 is 0 Å². The molecule has 1 aromatic heterocycles. The number of hydrogen-bond acceptors (Lipinski definition) is 4. The Hall–Kier alpha value is -0.840. The van der Waals surface area contributed by atoms with Gasteiger partial charge in [0, 0.05) is 28.0 Å². The van der Waals surface area contributed by atoms with Crippen molar-refractivity contribution in [3.8, 4) is 0 Å². The molecule has 0 spiro atoms. The molecule has 0 amide bonds. The van der Waals surface area contributed by atoms with Crippen LogP contribution in [0.15, 0.2) is 34.5 Å². The zero-order valence-electron chi connectivity index (χ0n) is 13.2. The molecule has 114 valence electrons. The summed E-state index contributed by atoms with van der Waals surface area (Å²) in [6, 6.07) is 9.21. The van der Waals surface area contributed by atoms with Crippen LogP contribution in [0.4, 0.5) is 0 Å². The van der Waals surface area contributed by atoms with Crippen LogP contribution in [0.1, 0.15) is 55.9 Å². The van der Waals surface area contributed by atoms with Crippen LogP contribution in [-0.2, 0) is 5.75 Å². The molecule has 1 aromatic carbocycles. The Labute approximate surface area is 136 Å². The van der Waals surface area contributed by atoms with Crippen LogP contribution in [0.2, 0.25) is 0 Å². The molecule has 21 heavy (non-hydrogen) atoms. The van der Waals surface area contributed by atoms with Gasteiger partial charge < -0.3 is 5.32 Å². The van der Waals surface area contributed by atoms with E-state index in [1.165, 1.54) is 21.2 Å². The monoisotopic (exact) mass is 320 g/mol. The molecule has 0 aliphatic heterocycles. The summed E-state index contributed by atoms with van der Waals surface area (Å²) in [5.74, 6) is 1.47. The summed E-state index contributed by atoms with van der Waals surface area (Å²) in [6.45, 7) is 9.74. The van der Waals surface area contributed by atoms with Crippen LogP contribution >= 0.6 is 23.1 Å². The number of hydrogen-bond donors (Lipinski definition) is 1. The minimum atomic E-state index is 0.405. The average molecular weight is 321 g/mol. The second-order valence-electron chi connectivity index (χ2n) is 5.47. The second-order valence-corrected chi connectivity index (χ2v) is 7.41. The van der Waals surface area contributed by atoms with Crippen LogP contribution in [0, 0.1) is 0 Å². The van der Waals surface area contributed by atoms with Crippen molar-refractivity contribution in [3.05, 3.63) is 45.9 Å². The molecule has 2 aromatic rings. The zero-order valence-corrected chi connectivity index (χ0v) is 14.9. The largest absolute Gasteiger partial charge is 0.310 e. The summed E-state index contributed by atoms with van der Waals surface area (Å²) in [5, 5.41) is 6.88. The maximum atomic E-state index is 4.70. The Bertz CT molecular complexity index is 563. The van der Waals surface area contributed by atoms with Gasteiger partial charge in [-0.3, -0.25) is 0 Å². The van der Waals surface area contributed by atoms with E-state index in [0.717, 1.165) is 12.3 Å². The molecule has 0 saturated carbocycles. The SMILES string of the molecule is CCNC(C)c1cccc(SCc2csc(C(C)C)n2)c1. The Morgan fingerprint density at radius 3 is 2.76 bits per heavy atom. The molecule has 0 aliphatic carbocycles. The van der Waals surface area contributed by atoms with E-state index >= 15 is 0 Å². The van der Waals surface area contributed by atoms with Gasteiger partial charge in [-0.2, -0.15) is 0 Å². The van der Waals surface area contributed by atoms with Crippen molar-refractivity contribution in [3.63, 3.8) is 0 Å². The van der Waals surface area contributed by atoms with Gasteiger partial charge in [0.1, 0.15) is 0 Å². The van der Waals surface area contributed by atoms with Gasteiger partial charge in [0.05, 0.1) is 10.7 Å². The first-order chi connectivity index (χ1) is 10.1. The van der Waals surface area contributed by atoms with Gasteiger partial charge in [-0.15, -0.1) is 23.1 Å². The molecule has 1 atom stereocenters. The molecule has 0 bridgehead atoms. The molecule has 0 fully saturated rings. The smallest absolute Gasteiger partial charge is 0.0954 e. The van der Waals surface area contributed by atoms with Crippen molar-refractivity contribution >= 4 is 23.1 Å². The highest BCUT2D eigenvalue weighted by Crippen LogP contribution is 2.27. The van der Waals surface area contributed by atoms with Crippen LogP contribution in [0.25, 0.3) is 0 Å². The summed E-state index contributed by atoms with van der Waals surface area (Å²) in [7, 11) is 0. The van der Waals surface area contributed by atoms with Crippen molar-refractivity contribution in [2.45, 2.75) is 50.3 Å². The highest BCUT2D eigenvalue weighted by molar-refractivity contribution is 7.98. The molecule has 1 heterocycles. The lowest BCUT2D eigenvalue weighted by atomic mass is 10.1. The van der Waals surface area contributed by atoms with E-state index in [2.05, 4.69) is 62.7 Å². The molecule has 1 N–H and O–H groups in total. The van der Waals surface area contributed by atoms with Gasteiger partial charge in [0.25, 0.3) is 0 Å². The third kappa shape index (κ3) is 4.83. The lowest BCUT2D eigenvalue weighted by molar-refractivity contribution is 0.597. The van der Waals surface area contributed by atoms with E-state index in [-0.39, 0.29) is 0 Å². The predicted octanol–water partition coefficient (Wildman–Crippen LogP) is 5.23. The molecule has 4 heteroatoms. The highest BCUT2D eigenvalue weighted by atomic mass is 32.2. The van der Waals surface area contributed by atoms with Crippen molar-refractivity contribution in [1.29, 1.82) is 0 Å². The highest BCUT2D eigenvalue weighted by Gasteiger charge is 2.08. The zero-order chi connectivity index (χ0) is 15.2. The second kappa shape index (κ2) is 7.97. The normalized spacial score (nSPS) is 12.8. The lowest BCUT2D eigenvalue weighted by Gasteiger charge is -2.13. The van der Waals surface area contributed by atoms with E-state index in [9.17, 15) is 0 Å². The van der Waals surface area contributed by atoms with Gasteiger partial charge in [-0.05, 0) is 31.2 Å². The van der Waals surface area contributed by atoms with E-state index in [0.29, 0.717) is 12.0 Å². The Morgan fingerprint density at radius 1 is 1.29 bits per heavy atom. The third-order valence-corrected chi connectivity index (χ3v) is 5.54. The Balaban J connectivity index is 1.97. The van der Waals surface area contributed by atoms with E-state index in [1.54, 1.807) is 11.3 Å². The summed E-state index contributed by atoms with van der Waals surface area (Å²) < 4.78 is 0. The maximum Gasteiger partial charge on any atom is 0.0954 e. The van der Waals surface area contributed by atoms with Crippen LogP contribution in [0.5, 0.6) is 0 Å². The topological polar surface area (TPSA) is 24.9 Å². The van der Waals surface area contributed by atoms with Crippen LogP contribution in [0.3, 0.4) is 0 Å². The number of aromatic nitrogens is 1. The van der Waals surface area contributed by atoms with Gasteiger partial charge in [0.2, 0.25) is 0 Å². The number of rotatable bonds is 7. The average Bonchev–Trinajstić information content (AvgIpc) is 2.95. The fourth-order valence-corrected chi connectivity index (χ4v) is 3.91. The molecular formula is C17H24N2S2. The summed E-state index contributed by atoms with van der Waals surface area (Å²) >= 11 is 3.64. The number of thioether (sulfide) groups is 1. The van der Waals surface area contributed by atoms with Crippen molar-refractivity contribution in [2.75, 3.05) is 6.54 Å². The standard InChI is InChI=1S/C17H24N2S2/c1-5-18-13(4)14-7-6-8-16(9-14)20-10-15-11-21-17(19-15)12(2)3/h6-9,11-13,18H,5,10H2,1-4H3. The fourth-order valence-electron chi connectivity index (χ4n) is 2.11. The van der Waals surface area contributed by atoms with Crippen molar-refractivity contribution in [2.24, 2.45) is 0 Å². The number of nitrogens with zero attached hydrogens (tertiary/aromatic N) is 1. The molecular weight excluding hydrogens is 296 g/mol. The number of nitrogens with one attached hydrogen (secondary N) is 1. The van der Waals surface area contributed by atoms with E-state index in [4.69, 9.17) is 4.98 Å². The molecule has 2 rings (SSSR count). The minimum Gasteiger partial charge on any atom is -0.310 e. The molecule has 0 aliphatic rings. The molecule has 0 saturated heterocycles. The van der Waals surface area contributed by atoms with Gasteiger partial charge in [-0.25, -0.2) is 4.98 Å². The maximum absolute atomic E-state index is 4.70. The summed E-state index contributed by atoms with van der Waals surface area (Å²) in [4.78, 5) is 6.01. The summed E-state index contributed by atoms with van der Waals surface area (Å²) in [5.41, 5.74) is 2.54. The summed E-state index contributed by atoms with van der Waals surface area (Å²) in [6.07, 6.45) is 0. The fraction of sp³-hybridized carbons (Fsp3) is 0.471. The Morgan fingerprint density at radius 2 is 2.10 bits per heavy atom. The first-order valence-corrected chi connectivity index (χ1v) is 9.37. The predicted molar refractivity (Wildman–Crippen MR) is 94.3 cm³/mol. The first kappa shape index (κ1) is 16.5. The number of thiazole rings is 1. The third-order valence-electron chi connectivity index (χ3n) is 3.32. The quantitative estimate of drug-likeness (QED) is 0.707.